The van der Waals surface area contributed by atoms with Crippen molar-refractivity contribution in [3.8, 4) is 0 Å². The zero-order chi connectivity index (χ0) is 41.3. The average Bonchev–Trinajstić information content (AvgIpc) is 3.35. The minimum absolute atomic E-state index is 0.179. The SMILES string of the molecule is C=C(N)/C=C\C(=C)NC(C)(C)C(C)COC(C)(C)CC(CC)(CC(C)(C)O)CC(C)(C)OCC(C)C(C)(C)Nc1ccc(N=Nc2n(C)cc[n+]2C)cc1. The van der Waals surface area contributed by atoms with Crippen LogP contribution in [0.4, 0.5) is 17.3 Å². The van der Waals surface area contributed by atoms with Crippen LogP contribution in [0.2, 0.25) is 0 Å². The van der Waals surface area contributed by atoms with Crippen LogP contribution in [0.1, 0.15) is 116 Å². The molecule has 0 fully saturated rings. The lowest BCUT2D eigenvalue weighted by molar-refractivity contribution is -0.657. The lowest BCUT2D eigenvalue weighted by Crippen LogP contribution is -2.48. The van der Waals surface area contributed by atoms with Crippen LogP contribution in [0.25, 0.3) is 0 Å². The Labute approximate surface area is 328 Å². The minimum Gasteiger partial charge on any atom is -0.399 e. The highest BCUT2D eigenvalue weighted by Gasteiger charge is 2.44. The van der Waals surface area contributed by atoms with Gasteiger partial charge in [0.25, 0.3) is 0 Å². The number of anilines is 1. The van der Waals surface area contributed by atoms with Crippen molar-refractivity contribution in [1.82, 2.24) is 9.88 Å². The Morgan fingerprint density at radius 1 is 0.870 bits per heavy atom. The van der Waals surface area contributed by atoms with E-state index < -0.39 is 16.8 Å². The van der Waals surface area contributed by atoms with E-state index in [4.69, 9.17) is 15.2 Å². The van der Waals surface area contributed by atoms with E-state index in [1.54, 1.807) is 6.08 Å². The van der Waals surface area contributed by atoms with E-state index in [0.29, 0.717) is 25.3 Å². The van der Waals surface area contributed by atoms with Crippen LogP contribution in [0, 0.1) is 17.3 Å². The Morgan fingerprint density at radius 2 is 1.39 bits per heavy atom. The summed E-state index contributed by atoms with van der Waals surface area (Å²) in [5, 5.41) is 27.3. The molecule has 0 saturated carbocycles. The highest BCUT2D eigenvalue weighted by Crippen LogP contribution is 2.47. The van der Waals surface area contributed by atoms with Crippen LogP contribution in [0.15, 0.2) is 83.6 Å². The number of nitrogens with one attached hydrogen (secondary N) is 2. The highest BCUT2D eigenvalue weighted by atomic mass is 16.5. The fraction of sp³-hybridized carbons (Fsp3) is 0.659. The van der Waals surface area contributed by atoms with Crippen molar-refractivity contribution < 1.29 is 19.1 Å². The molecule has 10 nitrogen and oxygen atoms in total. The van der Waals surface area contributed by atoms with Crippen molar-refractivity contribution in [1.29, 1.82) is 0 Å². The number of azo groups is 1. The van der Waals surface area contributed by atoms with E-state index in [2.05, 4.69) is 110 Å². The second kappa shape index (κ2) is 18.4. The van der Waals surface area contributed by atoms with E-state index in [-0.39, 0.29) is 28.3 Å². The van der Waals surface area contributed by atoms with Gasteiger partial charge in [-0.05, 0) is 130 Å². The number of rotatable bonds is 23. The summed E-state index contributed by atoms with van der Waals surface area (Å²) in [6.07, 6.45) is 10.6. The van der Waals surface area contributed by atoms with Crippen LogP contribution in [-0.4, -0.2) is 50.8 Å². The molecule has 10 heteroatoms. The first-order chi connectivity index (χ1) is 24.6. The molecule has 0 aliphatic carbocycles. The smallest absolute Gasteiger partial charge is 0.399 e. The van der Waals surface area contributed by atoms with E-state index in [9.17, 15) is 5.11 Å². The number of allylic oxidation sites excluding steroid dienone is 2. The van der Waals surface area contributed by atoms with Crippen LogP contribution >= 0.6 is 0 Å². The van der Waals surface area contributed by atoms with Gasteiger partial charge in [-0.1, -0.05) is 45.5 Å². The van der Waals surface area contributed by atoms with Crippen molar-refractivity contribution in [2.75, 3.05) is 18.5 Å². The Morgan fingerprint density at radius 3 is 1.83 bits per heavy atom. The predicted molar refractivity (Wildman–Crippen MR) is 225 cm³/mol. The normalized spacial score (nSPS) is 15.7. The molecular formula is C44H76N7O3+. The van der Waals surface area contributed by atoms with Crippen molar-refractivity contribution in [2.24, 2.45) is 47.3 Å². The molecule has 0 saturated heterocycles. The van der Waals surface area contributed by atoms with E-state index in [1.807, 2.05) is 79.8 Å². The van der Waals surface area contributed by atoms with Gasteiger partial charge >= 0.3 is 5.95 Å². The van der Waals surface area contributed by atoms with Crippen molar-refractivity contribution in [3.05, 3.63) is 73.4 Å². The molecule has 0 spiro atoms. The van der Waals surface area contributed by atoms with Crippen LogP contribution in [0.5, 0.6) is 0 Å². The number of imidazole rings is 1. The molecule has 3 atom stereocenters. The summed E-state index contributed by atoms with van der Waals surface area (Å²) in [5.74, 6) is 1.14. The number of hydrogen-bond donors (Lipinski definition) is 4. The number of benzene rings is 1. The Kier molecular flexibility index (Phi) is 15.9. The molecule has 1 aromatic heterocycles. The maximum atomic E-state index is 11.2. The van der Waals surface area contributed by atoms with Crippen molar-refractivity contribution >= 4 is 17.3 Å². The molecule has 304 valence electrons. The van der Waals surface area contributed by atoms with Gasteiger partial charge in [0.1, 0.15) is 5.69 Å². The lowest BCUT2D eigenvalue weighted by atomic mass is 9.65. The molecule has 0 aliphatic heterocycles. The van der Waals surface area contributed by atoms with Gasteiger partial charge < -0.3 is 30.9 Å². The van der Waals surface area contributed by atoms with Gasteiger partial charge in [0.15, 0.2) is 0 Å². The van der Waals surface area contributed by atoms with Crippen LogP contribution in [0.3, 0.4) is 0 Å². The summed E-state index contributed by atoms with van der Waals surface area (Å²) in [7, 11) is 3.90. The molecule has 0 aliphatic rings. The standard InChI is InChI=1S/C44H75N7O3/c1-18-44(29-39(6,7)52,30-40(8,9)53-27-32(2)42(12,13)46-35(5)20-19-34(4)45)31-41(10,11)54-28-33(3)43(14,15)47-36-21-23-37(24-22-36)48-49-38-50(16)25-26-51(38)17/h19-26,32-33,46,52H,4-5,18,27-31,45H2,1-3,6-17H3/p+1/b20-19-. The lowest BCUT2D eigenvalue weighted by Gasteiger charge is -2.47. The molecule has 0 radical (unpaired) electrons. The van der Waals surface area contributed by atoms with Gasteiger partial charge in [0, 0.05) is 45.1 Å². The summed E-state index contributed by atoms with van der Waals surface area (Å²) in [4.78, 5) is 0. The molecule has 5 N–H and O–H groups in total. The molecule has 1 heterocycles. The first kappa shape index (κ1) is 46.7. The van der Waals surface area contributed by atoms with Gasteiger partial charge in [0.2, 0.25) is 0 Å². The van der Waals surface area contributed by atoms with Crippen molar-refractivity contribution in [3.63, 3.8) is 0 Å². The third-order valence-corrected chi connectivity index (χ3v) is 10.8. The molecule has 3 unspecified atom stereocenters. The zero-order valence-electron chi connectivity index (χ0n) is 36.6. The fourth-order valence-corrected chi connectivity index (χ4v) is 7.22. The summed E-state index contributed by atoms with van der Waals surface area (Å²) < 4.78 is 17.4. The maximum absolute atomic E-state index is 11.2. The van der Waals surface area contributed by atoms with E-state index >= 15 is 0 Å². The number of nitrogens with two attached hydrogens (primary N) is 1. The van der Waals surface area contributed by atoms with Gasteiger partial charge in [-0.3, -0.25) is 0 Å². The van der Waals surface area contributed by atoms with E-state index in [1.165, 1.54) is 0 Å². The second-order valence-electron chi connectivity index (χ2n) is 18.8. The number of aliphatic hydroxyl groups is 1. The van der Waals surface area contributed by atoms with Crippen LogP contribution < -0.4 is 20.9 Å². The minimum atomic E-state index is -0.848. The summed E-state index contributed by atoms with van der Waals surface area (Å²) in [6.45, 7) is 36.9. The largest absolute Gasteiger partial charge is 0.421 e. The molecular weight excluding hydrogens is 675 g/mol. The Bertz CT molecular complexity index is 1560. The first-order valence-electron chi connectivity index (χ1n) is 19.5. The van der Waals surface area contributed by atoms with Crippen molar-refractivity contribution in [2.45, 2.75) is 144 Å². The quantitative estimate of drug-likeness (QED) is 0.0510. The van der Waals surface area contributed by atoms with Gasteiger partial charge in [-0.15, -0.1) is 0 Å². The Balaban J connectivity index is 2.10. The third-order valence-electron chi connectivity index (χ3n) is 10.8. The maximum Gasteiger partial charge on any atom is 0.421 e. The third kappa shape index (κ3) is 15.3. The summed E-state index contributed by atoms with van der Waals surface area (Å²) in [5.41, 5.74) is 6.29. The van der Waals surface area contributed by atoms with Gasteiger partial charge in [-0.25, -0.2) is 9.13 Å². The second-order valence-corrected chi connectivity index (χ2v) is 18.8. The van der Waals surface area contributed by atoms with E-state index in [0.717, 1.165) is 42.3 Å². The molecule has 0 bridgehead atoms. The number of hydrogen-bond acceptors (Lipinski definition) is 8. The number of ether oxygens (including phenoxy) is 2. The number of aromatic nitrogens is 2. The summed E-state index contributed by atoms with van der Waals surface area (Å²) >= 11 is 0. The Hall–Kier alpha value is -3.47. The molecule has 0 amide bonds. The first-order valence-corrected chi connectivity index (χ1v) is 19.5. The molecule has 54 heavy (non-hydrogen) atoms. The highest BCUT2D eigenvalue weighted by molar-refractivity contribution is 5.52. The van der Waals surface area contributed by atoms with Gasteiger partial charge in [0.05, 0.1) is 56.5 Å². The molecule has 2 rings (SSSR count). The van der Waals surface area contributed by atoms with Gasteiger partial charge in [-0.2, -0.15) is 0 Å². The van der Waals surface area contributed by atoms with Crippen LogP contribution in [-0.2, 0) is 23.6 Å². The average molecular weight is 751 g/mol. The molecule has 2 aromatic rings. The monoisotopic (exact) mass is 751 g/mol. The number of nitrogens with zero attached hydrogens (tertiary/aromatic N) is 4. The summed E-state index contributed by atoms with van der Waals surface area (Å²) in [6, 6.07) is 8.04. The molecule has 1 aromatic carbocycles. The fourth-order valence-electron chi connectivity index (χ4n) is 7.22. The predicted octanol–water partition coefficient (Wildman–Crippen LogP) is 9.57. The zero-order valence-corrected chi connectivity index (χ0v) is 36.6. The number of aryl methyl sites for hydroxylation is 2. The topological polar surface area (TPSA) is 122 Å².